The van der Waals surface area contributed by atoms with Gasteiger partial charge in [-0.05, 0) is 252 Å². The summed E-state index contributed by atoms with van der Waals surface area (Å²) in [6.07, 6.45) is 5.92. The number of anilines is 9. The molecule has 3 N–H and O–H groups in total. The van der Waals surface area contributed by atoms with Gasteiger partial charge < -0.3 is 4.90 Å². The first-order chi connectivity index (χ1) is 46.0. The lowest BCUT2D eigenvalue weighted by atomic mass is 9.93. The van der Waals surface area contributed by atoms with Crippen LogP contribution in [0.3, 0.4) is 0 Å². The lowest BCUT2D eigenvalue weighted by Crippen LogP contribution is -2.14. The Balaban J connectivity index is 0.892. The van der Waals surface area contributed by atoms with E-state index in [1.54, 1.807) is 0 Å². The molecular weight excluding hydrogens is 1150 g/mol. The second-order valence-electron chi connectivity index (χ2n) is 23.4. The minimum atomic E-state index is 0.502. The van der Waals surface area contributed by atoms with Crippen LogP contribution in [0.25, 0.3) is 51.6 Å². The highest BCUT2D eigenvalue weighted by Gasteiger charge is 2.22. The van der Waals surface area contributed by atoms with Gasteiger partial charge in [0.15, 0.2) is 17.5 Å². The molecule has 12 aromatic rings. The van der Waals surface area contributed by atoms with Crippen LogP contribution < -0.4 is 19.6 Å². The molecule has 94 heavy (non-hydrogen) atoms. The van der Waals surface area contributed by atoms with Gasteiger partial charge in [-0.15, -0.1) is 15.3 Å². The third kappa shape index (κ3) is 13.5. The van der Waals surface area contributed by atoms with Gasteiger partial charge in [0.05, 0.1) is 0 Å². The summed E-state index contributed by atoms with van der Waals surface area (Å²) in [5.41, 5.74) is 50.0. The molecule has 0 heterocycles. The molecule has 0 aliphatic rings. The third-order valence-corrected chi connectivity index (χ3v) is 17.0. The Morgan fingerprint density at radius 2 is 0.426 bits per heavy atom. The molecule has 0 bridgehead atoms. The Hall–Kier alpha value is -12.1. The van der Waals surface area contributed by atoms with Gasteiger partial charge in [-0.1, -0.05) is 182 Å². The molecule has 10 nitrogen and oxygen atoms in total. The maximum Gasteiger partial charge on any atom is 0.160 e. The van der Waals surface area contributed by atoms with Crippen LogP contribution in [0.2, 0.25) is 0 Å². The second-order valence-corrected chi connectivity index (χ2v) is 23.4. The zero-order valence-corrected chi connectivity index (χ0v) is 53.6. The highest BCUT2D eigenvalue weighted by Crippen LogP contribution is 2.43. The number of hydrogen-bond acceptors (Lipinski definition) is 10. The van der Waals surface area contributed by atoms with Gasteiger partial charge in [0, 0.05) is 51.2 Å². The number of hydrogen-bond donors (Lipinski definition) is 3. The molecule has 0 aliphatic carbocycles. The van der Waals surface area contributed by atoms with E-state index < -0.39 is 0 Å². The number of para-hydroxylation sites is 6. The van der Waals surface area contributed by atoms with Gasteiger partial charge in [-0.3, -0.25) is 14.7 Å². The number of nitrogens with one attached hydrogen (secondary N) is 3. The highest BCUT2D eigenvalue weighted by atomic mass is 15.3. The van der Waals surface area contributed by atoms with Crippen LogP contribution in [0.4, 0.5) is 51.2 Å². The van der Waals surface area contributed by atoms with Crippen LogP contribution in [0.5, 0.6) is 0 Å². The molecule has 0 aromatic heterocycles. The van der Waals surface area contributed by atoms with Crippen molar-refractivity contribution in [2.75, 3.05) is 19.6 Å². The summed E-state index contributed by atoms with van der Waals surface area (Å²) in [7, 11) is 0. The molecule has 0 atom stereocenters. The summed E-state index contributed by atoms with van der Waals surface area (Å²) in [4.78, 5) is 8.38. The lowest BCUT2D eigenvalue weighted by molar-refractivity contribution is 1.00. The fourth-order valence-corrected chi connectivity index (χ4v) is 12.5. The van der Waals surface area contributed by atoms with E-state index in [0.717, 1.165) is 135 Å². The van der Waals surface area contributed by atoms with Crippen LogP contribution in [-0.2, 0) is 0 Å². The average Bonchev–Trinajstić information content (AvgIpc) is 0.793. The summed E-state index contributed by atoms with van der Waals surface area (Å²) in [5.74, 6) is 1.51. The minimum Gasteiger partial charge on any atom is -0.310 e. The zero-order valence-electron chi connectivity index (χ0n) is 53.6. The van der Waals surface area contributed by atoms with Crippen molar-refractivity contribution >= 4 is 69.4 Å². The Kier molecular flexibility index (Phi) is 18.7. The molecule has 12 rings (SSSR count). The minimum absolute atomic E-state index is 0.502. The topological polar surface area (TPSA) is 122 Å². The largest absolute Gasteiger partial charge is 0.310 e. The number of benzene rings is 12. The van der Waals surface area contributed by atoms with E-state index in [-0.39, 0.29) is 0 Å². The van der Waals surface area contributed by atoms with Gasteiger partial charge in [0.1, 0.15) is 0 Å². The predicted octanol–water partition coefficient (Wildman–Crippen LogP) is 24.5. The zero-order chi connectivity index (χ0) is 65.1. The van der Waals surface area contributed by atoms with Gasteiger partial charge in [-0.2, -0.15) is 0 Å². The van der Waals surface area contributed by atoms with E-state index >= 15 is 0 Å². The van der Waals surface area contributed by atoms with E-state index in [0.29, 0.717) is 17.5 Å². The van der Waals surface area contributed by atoms with E-state index in [9.17, 15) is 0 Å². The molecule has 458 valence electrons. The lowest BCUT2D eigenvalue weighted by Gasteiger charge is -2.28. The Morgan fingerprint density at radius 3 is 0.606 bits per heavy atom. The van der Waals surface area contributed by atoms with Crippen LogP contribution in [-0.4, -0.2) is 0 Å². The van der Waals surface area contributed by atoms with Gasteiger partial charge >= 0.3 is 0 Å². The van der Waals surface area contributed by atoms with Crippen molar-refractivity contribution in [3.63, 3.8) is 0 Å². The molecule has 0 aliphatic heterocycles. The molecule has 10 heteroatoms. The molecule has 0 amide bonds. The van der Waals surface area contributed by atoms with Crippen LogP contribution in [0.15, 0.2) is 324 Å². The predicted molar refractivity (Wildman–Crippen MR) is 390 cm³/mol. The van der Waals surface area contributed by atoms with Crippen molar-refractivity contribution in [3.8, 4) is 33.4 Å². The van der Waals surface area contributed by atoms with E-state index in [1.165, 1.54) is 0 Å². The van der Waals surface area contributed by atoms with Crippen LogP contribution in [0, 0.1) is 58.1 Å². The van der Waals surface area contributed by atoms with Crippen molar-refractivity contribution in [1.29, 1.82) is 16.6 Å². The molecule has 0 saturated carbocycles. The first kappa shape index (κ1) is 62.1. The Labute approximate surface area is 551 Å². The monoisotopic (exact) mass is 1220 g/mol. The van der Waals surface area contributed by atoms with Crippen molar-refractivity contribution < 1.29 is 0 Å². The first-order valence-electron chi connectivity index (χ1n) is 31.4. The van der Waals surface area contributed by atoms with Gasteiger partial charge in [0.2, 0.25) is 0 Å². The normalized spacial score (nSPS) is 11.6. The van der Waals surface area contributed by atoms with Crippen LogP contribution in [0.1, 0.15) is 50.1 Å². The van der Waals surface area contributed by atoms with Gasteiger partial charge in [0.25, 0.3) is 0 Å². The fourth-order valence-electron chi connectivity index (χ4n) is 12.5. The fraction of sp³-hybridized carbons (Fsp3) is 0.0714. The summed E-state index contributed by atoms with van der Waals surface area (Å²) < 4.78 is 0. The maximum absolute atomic E-state index is 8.38. The second kappa shape index (κ2) is 28.4. The SMILES string of the molecule is Cc1cc(C=C(N=N)N(c2ccccc2)c2ccccc2)ccc1-c1ccc(N(c2ccc(-c3ccc(C=C(N=N)N(c4ccccc4)c4ccccc4)cc3C)c(C)c2)c2ccc(-c3ccc(C=C(N=N)N(c4ccccc4)c4ccccc4)cc3C)c(C)c2)cc1C. The summed E-state index contributed by atoms with van der Waals surface area (Å²) in [6, 6.07) is 100.0. The first-order valence-corrected chi connectivity index (χ1v) is 31.4. The van der Waals surface area contributed by atoms with Crippen molar-refractivity contribution in [1.82, 2.24) is 0 Å². The third-order valence-electron chi connectivity index (χ3n) is 17.0. The molecule has 0 unspecified atom stereocenters. The van der Waals surface area contributed by atoms with Crippen molar-refractivity contribution in [3.05, 3.63) is 359 Å². The molecule has 0 saturated heterocycles. The molecule has 0 spiro atoms. The van der Waals surface area contributed by atoms with E-state index in [1.807, 2.05) is 215 Å². The molecular formula is C84H72N10. The summed E-state index contributed by atoms with van der Waals surface area (Å²) >= 11 is 0. The Morgan fingerprint density at radius 1 is 0.234 bits per heavy atom. The number of rotatable bonds is 21. The summed E-state index contributed by atoms with van der Waals surface area (Å²) in [6.45, 7) is 13.0. The average molecular weight is 1220 g/mol. The smallest absolute Gasteiger partial charge is 0.160 e. The van der Waals surface area contributed by atoms with E-state index in [4.69, 9.17) is 16.6 Å². The van der Waals surface area contributed by atoms with E-state index in [2.05, 4.69) is 171 Å². The highest BCUT2D eigenvalue weighted by molar-refractivity contribution is 5.86. The maximum atomic E-state index is 8.38. The number of aryl methyl sites for hydroxylation is 6. The molecule has 0 fully saturated rings. The standard InChI is InChI=1S/C84H72N10/c1-58-49-64(55-82(88-85)92(67-25-13-7-14-26-67)68-27-15-8-16-28-68)37-43-76(58)79-46-40-73(52-61(79)4)91(74-41-47-80(62(5)53-74)77-44-38-65(50-59(77)2)56-83(89-86)93(69-29-17-9-18-30-69)70-31-19-10-20-32-70)75-42-48-81(63(6)54-75)78-45-39-66(51-60(78)3)57-84(90-87)94(71-33-21-11-22-34-71)72-35-23-12-24-36-72/h7-57,85-87H,1-6H3. The van der Waals surface area contributed by atoms with Crippen molar-refractivity contribution in [2.45, 2.75) is 41.5 Å². The van der Waals surface area contributed by atoms with Crippen molar-refractivity contribution in [2.24, 2.45) is 15.3 Å². The van der Waals surface area contributed by atoms with Crippen LogP contribution >= 0.6 is 0 Å². The van der Waals surface area contributed by atoms with Gasteiger partial charge in [-0.25, -0.2) is 16.6 Å². The molecule has 12 aromatic carbocycles. The molecule has 0 radical (unpaired) electrons. The quantitative estimate of drug-likeness (QED) is 0.0620. The Bertz CT molecular complexity index is 4190. The number of nitrogens with zero attached hydrogens (tertiary/aromatic N) is 7. The summed E-state index contributed by atoms with van der Waals surface area (Å²) in [5, 5.41) is 12.2.